The van der Waals surface area contributed by atoms with Crippen LogP contribution in [0.25, 0.3) is 24.3 Å². The molecule has 0 amide bonds. The van der Waals surface area contributed by atoms with Gasteiger partial charge in [0.1, 0.15) is 11.5 Å². The molecule has 0 aliphatic rings. The van der Waals surface area contributed by atoms with Crippen LogP contribution in [0.15, 0.2) is 109 Å². The first-order valence-electron chi connectivity index (χ1n) is 14.8. The number of phenols is 2. The molecule has 2 N–H and O–H groups in total. The molecule has 10 heteroatoms. The molecule has 0 aromatic heterocycles. The lowest BCUT2D eigenvalue weighted by molar-refractivity contribution is -0.129. The van der Waals surface area contributed by atoms with Crippen LogP contribution in [0.3, 0.4) is 0 Å². The lowest BCUT2D eigenvalue weighted by atomic mass is 10.1. The minimum atomic E-state index is -0.653. The number of ether oxygens (including phenoxy) is 4. The van der Waals surface area contributed by atoms with E-state index < -0.39 is 23.5 Å². The molecule has 248 valence electrons. The Labute approximate surface area is 282 Å². The van der Waals surface area contributed by atoms with Gasteiger partial charge in [0.15, 0.2) is 34.6 Å². The van der Waals surface area contributed by atoms with Crippen molar-refractivity contribution < 1.29 is 48.3 Å². The van der Waals surface area contributed by atoms with Crippen LogP contribution in [-0.4, -0.2) is 47.9 Å². The second-order valence-electron chi connectivity index (χ2n) is 10.3. The number of phenolic OH excluding ortho intramolecular Hbond substituents is 2. The van der Waals surface area contributed by atoms with E-state index in [0.717, 1.165) is 0 Å². The standard InChI is InChI=1S/C39H32O10/c1-46-36-23-28(11-17-34(36)48-38(44)19-13-26-5-3-7-30(40)21-26)9-15-32(42)25-33(43)16-10-29-12-18-35(37(24-29)47-2)49-39(45)20-14-27-6-4-8-31(41)22-27/h3-24,40-41H,25H2,1-2H3/b15-9+,16-10+,19-13+,20-14+. The summed E-state index contributed by atoms with van der Waals surface area (Å²) in [7, 11) is 2.82. The van der Waals surface area contributed by atoms with Crippen molar-refractivity contribution in [2.75, 3.05) is 14.2 Å². The number of benzene rings is 4. The summed E-state index contributed by atoms with van der Waals surface area (Å²) in [6.07, 6.45) is 10.6. The molecule has 0 unspecified atom stereocenters. The average molecular weight is 661 g/mol. The van der Waals surface area contributed by atoms with Crippen molar-refractivity contribution in [2.24, 2.45) is 0 Å². The Morgan fingerprint density at radius 1 is 0.510 bits per heavy atom. The van der Waals surface area contributed by atoms with Crippen LogP contribution in [0.1, 0.15) is 28.7 Å². The second kappa shape index (κ2) is 17.3. The summed E-state index contributed by atoms with van der Waals surface area (Å²) in [5.74, 6) is -1.17. The first-order valence-corrected chi connectivity index (χ1v) is 14.8. The van der Waals surface area contributed by atoms with Crippen molar-refractivity contribution in [1.29, 1.82) is 0 Å². The molecule has 10 nitrogen and oxygen atoms in total. The number of methoxy groups -OCH3 is 2. The van der Waals surface area contributed by atoms with Gasteiger partial charge in [0, 0.05) is 12.2 Å². The zero-order valence-electron chi connectivity index (χ0n) is 26.6. The van der Waals surface area contributed by atoms with E-state index >= 15 is 0 Å². The van der Waals surface area contributed by atoms with E-state index in [4.69, 9.17) is 18.9 Å². The number of allylic oxidation sites excluding steroid dienone is 2. The van der Waals surface area contributed by atoms with Gasteiger partial charge in [0.05, 0.1) is 20.6 Å². The van der Waals surface area contributed by atoms with Gasteiger partial charge in [-0.2, -0.15) is 0 Å². The van der Waals surface area contributed by atoms with Crippen molar-refractivity contribution in [2.45, 2.75) is 6.42 Å². The van der Waals surface area contributed by atoms with E-state index in [-0.39, 0.29) is 40.9 Å². The van der Waals surface area contributed by atoms with Crippen LogP contribution in [0.2, 0.25) is 0 Å². The summed E-state index contributed by atoms with van der Waals surface area (Å²) in [5.41, 5.74) is 2.39. The Morgan fingerprint density at radius 2 is 0.898 bits per heavy atom. The van der Waals surface area contributed by atoms with Gasteiger partial charge in [-0.05, 0) is 95.1 Å². The van der Waals surface area contributed by atoms with Gasteiger partial charge < -0.3 is 29.2 Å². The zero-order chi connectivity index (χ0) is 35.2. The molecule has 4 aromatic rings. The maximum absolute atomic E-state index is 12.5. The number of hydrogen-bond donors (Lipinski definition) is 2. The van der Waals surface area contributed by atoms with Crippen LogP contribution < -0.4 is 18.9 Å². The molecule has 0 radical (unpaired) electrons. The molecule has 0 fully saturated rings. The maximum Gasteiger partial charge on any atom is 0.336 e. The Balaban J connectivity index is 1.30. The Morgan fingerprint density at radius 3 is 1.29 bits per heavy atom. The maximum atomic E-state index is 12.5. The summed E-state index contributed by atoms with van der Waals surface area (Å²) < 4.78 is 21.4. The topological polar surface area (TPSA) is 146 Å². The molecule has 0 heterocycles. The summed E-state index contributed by atoms with van der Waals surface area (Å²) in [4.78, 5) is 49.5. The van der Waals surface area contributed by atoms with E-state index in [1.165, 1.54) is 99.2 Å². The fourth-order valence-electron chi connectivity index (χ4n) is 4.28. The van der Waals surface area contributed by atoms with Crippen LogP contribution in [-0.2, 0) is 19.2 Å². The fraction of sp³-hybridized carbons (Fsp3) is 0.0769. The van der Waals surface area contributed by atoms with Crippen LogP contribution >= 0.6 is 0 Å². The highest BCUT2D eigenvalue weighted by Crippen LogP contribution is 2.30. The molecule has 0 saturated heterocycles. The lowest BCUT2D eigenvalue weighted by Gasteiger charge is -2.09. The van der Waals surface area contributed by atoms with Crippen molar-refractivity contribution in [1.82, 2.24) is 0 Å². The van der Waals surface area contributed by atoms with Crippen LogP contribution in [0.5, 0.6) is 34.5 Å². The van der Waals surface area contributed by atoms with E-state index in [9.17, 15) is 29.4 Å². The van der Waals surface area contributed by atoms with Crippen LogP contribution in [0.4, 0.5) is 0 Å². The lowest BCUT2D eigenvalue weighted by Crippen LogP contribution is -2.05. The van der Waals surface area contributed by atoms with Gasteiger partial charge in [-0.25, -0.2) is 9.59 Å². The number of hydrogen-bond acceptors (Lipinski definition) is 10. The molecule has 4 aromatic carbocycles. The van der Waals surface area contributed by atoms with Gasteiger partial charge in [0.25, 0.3) is 0 Å². The van der Waals surface area contributed by atoms with Gasteiger partial charge in [-0.15, -0.1) is 0 Å². The van der Waals surface area contributed by atoms with Crippen molar-refractivity contribution in [3.8, 4) is 34.5 Å². The summed E-state index contributed by atoms with van der Waals surface area (Å²) in [6.45, 7) is 0. The smallest absolute Gasteiger partial charge is 0.336 e. The number of aromatic hydroxyl groups is 2. The molecule has 0 aliphatic carbocycles. The number of carbonyl (C=O) groups is 4. The first-order chi connectivity index (χ1) is 23.6. The quantitative estimate of drug-likeness (QED) is 0.0656. The molecule has 0 aliphatic heterocycles. The minimum Gasteiger partial charge on any atom is -0.508 e. The minimum absolute atomic E-state index is 0.0723. The molecule has 0 atom stereocenters. The summed E-state index contributed by atoms with van der Waals surface area (Å²) >= 11 is 0. The number of esters is 2. The molecule has 0 bridgehead atoms. The highest BCUT2D eigenvalue weighted by molar-refractivity contribution is 6.11. The summed E-state index contributed by atoms with van der Waals surface area (Å²) in [6, 6.07) is 22.2. The number of carbonyl (C=O) groups excluding carboxylic acids is 4. The van der Waals surface area contributed by atoms with E-state index in [1.807, 2.05) is 0 Å². The molecule has 0 saturated carbocycles. The third-order valence-corrected chi connectivity index (χ3v) is 6.63. The highest BCUT2D eigenvalue weighted by atomic mass is 16.6. The average Bonchev–Trinajstić information content (AvgIpc) is 3.09. The third kappa shape index (κ3) is 11.3. The van der Waals surface area contributed by atoms with Gasteiger partial charge in [0.2, 0.25) is 0 Å². The van der Waals surface area contributed by atoms with Gasteiger partial charge in [-0.1, -0.05) is 48.6 Å². The third-order valence-electron chi connectivity index (χ3n) is 6.63. The predicted molar refractivity (Wildman–Crippen MR) is 184 cm³/mol. The van der Waals surface area contributed by atoms with Crippen molar-refractivity contribution >= 4 is 47.8 Å². The molecule has 0 spiro atoms. The Hall–Kier alpha value is -6.68. The normalized spacial score (nSPS) is 11.3. The van der Waals surface area contributed by atoms with Crippen molar-refractivity contribution in [3.63, 3.8) is 0 Å². The van der Waals surface area contributed by atoms with E-state index in [1.54, 1.807) is 48.5 Å². The van der Waals surface area contributed by atoms with Gasteiger partial charge in [-0.3, -0.25) is 9.59 Å². The molecular weight excluding hydrogens is 628 g/mol. The monoisotopic (exact) mass is 660 g/mol. The van der Waals surface area contributed by atoms with E-state index in [0.29, 0.717) is 22.3 Å². The molecule has 4 rings (SSSR count). The van der Waals surface area contributed by atoms with Gasteiger partial charge >= 0.3 is 11.9 Å². The van der Waals surface area contributed by atoms with Crippen LogP contribution in [0, 0.1) is 0 Å². The molecular formula is C39H32O10. The zero-order valence-corrected chi connectivity index (χ0v) is 26.6. The number of rotatable bonds is 14. The Bertz CT molecular complexity index is 1830. The highest BCUT2D eigenvalue weighted by Gasteiger charge is 2.11. The molecule has 49 heavy (non-hydrogen) atoms. The Kier molecular flexibility index (Phi) is 12.4. The summed E-state index contributed by atoms with van der Waals surface area (Å²) in [5, 5.41) is 19.1. The fourth-order valence-corrected chi connectivity index (χ4v) is 4.28. The number of ketones is 2. The predicted octanol–water partition coefficient (Wildman–Crippen LogP) is 6.61. The SMILES string of the molecule is COc1cc(/C=C/C(=O)CC(=O)/C=C/c2ccc(OC(=O)/C=C/c3cccc(O)c3)c(OC)c2)ccc1OC(=O)/C=C/c1cccc(O)c1. The van der Waals surface area contributed by atoms with E-state index in [2.05, 4.69) is 0 Å². The second-order valence-corrected chi connectivity index (χ2v) is 10.3. The van der Waals surface area contributed by atoms with Crippen molar-refractivity contribution in [3.05, 3.63) is 131 Å². The first kappa shape index (κ1) is 35.2. The largest absolute Gasteiger partial charge is 0.508 e.